The van der Waals surface area contributed by atoms with Gasteiger partial charge in [0.2, 0.25) is 35.4 Å². The molecule has 10 amide bonds. The van der Waals surface area contributed by atoms with Crippen molar-refractivity contribution in [3.05, 3.63) is 125 Å². The Hall–Kier alpha value is -9.10. The number of fused-ring (bicyclic) bond motifs is 3. The van der Waals surface area contributed by atoms with Crippen LogP contribution in [0.15, 0.2) is 103 Å². The van der Waals surface area contributed by atoms with E-state index in [1.807, 2.05) is 92.7 Å². The molecule has 6 rings (SSSR count). The van der Waals surface area contributed by atoms with E-state index in [2.05, 4.69) is 31.9 Å². The summed E-state index contributed by atoms with van der Waals surface area (Å²) in [6.07, 6.45) is -0.916. The Bertz CT molecular complexity index is 3340. The minimum absolute atomic E-state index is 0.0296. The number of ether oxygens (including phenoxy) is 5. The van der Waals surface area contributed by atoms with Crippen LogP contribution in [-0.4, -0.2) is 184 Å². The summed E-state index contributed by atoms with van der Waals surface area (Å²) < 4.78 is 28.6. The smallest absolute Gasteiger partial charge is 0.410 e. The summed E-state index contributed by atoms with van der Waals surface area (Å²) in [5.74, 6) is -6.02. The van der Waals surface area contributed by atoms with E-state index in [-0.39, 0.29) is 63.2 Å². The van der Waals surface area contributed by atoms with Crippen LogP contribution in [0.4, 0.5) is 20.1 Å². The number of primary amides is 1. The van der Waals surface area contributed by atoms with Crippen molar-refractivity contribution >= 4 is 65.3 Å². The molecule has 4 aromatic rings. The van der Waals surface area contributed by atoms with Crippen LogP contribution in [-0.2, 0) is 70.3 Å². The third-order valence-corrected chi connectivity index (χ3v) is 18.9. The molecule has 25 heteroatoms. The molecule has 2 aliphatic rings. The zero-order chi connectivity index (χ0) is 72.8. The van der Waals surface area contributed by atoms with Gasteiger partial charge in [-0.05, 0) is 94.9 Å². The minimum Gasteiger partial charge on any atom is -0.467 e. The van der Waals surface area contributed by atoms with Crippen LogP contribution in [0.3, 0.4) is 0 Å². The van der Waals surface area contributed by atoms with Crippen molar-refractivity contribution in [2.45, 2.75) is 174 Å². The topological polar surface area (TPSA) is 325 Å². The van der Waals surface area contributed by atoms with Gasteiger partial charge in [0, 0.05) is 59.4 Å². The number of nitrogens with zero attached hydrogens (tertiary/aromatic N) is 3. The van der Waals surface area contributed by atoms with Gasteiger partial charge in [0.1, 0.15) is 43.4 Å². The molecule has 99 heavy (non-hydrogen) atoms. The molecule has 4 aromatic carbocycles. The van der Waals surface area contributed by atoms with Gasteiger partial charge in [-0.25, -0.2) is 19.2 Å². The molecular formula is C74H104N10O15. The van der Waals surface area contributed by atoms with Crippen LogP contribution in [0.5, 0.6) is 0 Å². The van der Waals surface area contributed by atoms with Crippen molar-refractivity contribution in [2.75, 3.05) is 60.4 Å². The highest BCUT2D eigenvalue weighted by molar-refractivity contribution is 5.98. The number of urea groups is 1. The number of likely N-dealkylation sites (tertiary alicyclic amines) is 1. The van der Waals surface area contributed by atoms with Crippen molar-refractivity contribution in [3.63, 3.8) is 0 Å². The highest BCUT2D eigenvalue weighted by Crippen LogP contribution is 2.44. The number of amides is 10. The number of likely N-dealkylation sites (N-methyl/N-ethyl adjacent to an activating group) is 2. The Labute approximate surface area is 582 Å². The Morgan fingerprint density at radius 2 is 1.24 bits per heavy atom. The Kier molecular flexibility index (Phi) is 30.1. The van der Waals surface area contributed by atoms with Gasteiger partial charge >= 0.3 is 24.2 Å². The molecule has 540 valence electrons. The van der Waals surface area contributed by atoms with E-state index in [0.717, 1.165) is 27.8 Å². The predicted molar refractivity (Wildman–Crippen MR) is 374 cm³/mol. The largest absolute Gasteiger partial charge is 0.467 e. The van der Waals surface area contributed by atoms with Gasteiger partial charge in [0.15, 0.2) is 0 Å². The van der Waals surface area contributed by atoms with Crippen molar-refractivity contribution in [3.8, 4) is 11.1 Å². The number of nitrogens with two attached hydrogens (primary N) is 1. The second kappa shape index (κ2) is 37.7. The lowest BCUT2D eigenvalue weighted by atomic mass is 9.89. The van der Waals surface area contributed by atoms with E-state index in [0.29, 0.717) is 37.1 Å². The fourth-order valence-corrected chi connectivity index (χ4v) is 13.3. The lowest BCUT2D eigenvalue weighted by Crippen LogP contribution is -2.60. The maximum absolute atomic E-state index is 14.9. The number of methoxy groups -OCH3 is 3. The SMILES string of the molecule is CCC(C)[C@@H](C(CC(=O)N1CCC[C@H]1[C@H](OC)C(C)C(=O)NC(Cc1ccccc1)C(=O)OC)OC)N(C)C(=O)[C@@H](NC(=O)C(C(C)C)N(C)C(=O)OCc1ccc(NC(=O)C(CCCNC(N)=O)NC(=O)[C@@H](NC(=O)OCC2c3ccccc3-c3ccccc32)C(C)C)cc1)C(C)C. The molecule has 1 aliphatic carbocycles. The Morgan fingerprint density at radius 3 is 1.81 bits per heavy atom. The lowest BCUT2D eigenvalue weighted by molar-refractivity contribution is -0.149. The molecule has 0 saturated carbocycles. The molecule has 6 unspecified atom stereocenters. The standard InChI is InChI=1S/C74H104N10O15/c1-15-46(8)64(59(95-12)40-60(85)84-38-24-32-58(84)65(96-13)47(9)66(86)79-57(71(91)97-14)39-48-25-17-16-18-26-48)82(10)70(90)62(44(4)5)80-69(89)63(45(6)7)83(11)74(94)99-41-49-33-35-50(36-34-49)77-67(87)56(31-23-37-76-72(75)92)78-68(88)61(43(2)3)81-73(93)98-42-55-53-29-21-19-27-51(53)52-28-20-22-30-54(52)55/h16-22,25-30,33-36,43-47,55-59,61-65H,15,23-24,31-32,37-42H2,1-14H3,(H,77,87)(H,78,88)(H,79,86)(H,80,89)(H,81,93)(H3,75,76,92)/t46?,47?,56?,57?,58-,59?,61-,62-,63?,64-,65+/m0/s1. The third-order valence-electron chi connectivity index (χ3n) is 18.9. The molecule has 0 spiro atoms. The van der Waals surface area contributed by atoms with Crippen LogP contribution < -0.4 is 37.6 Å². The summed E-state index contributed by atoms with van der Waals surface area (Å²) in [4.78, 5) is 142. The van der Waals surface area contributed by atoms with Gasteiger partial charge in [0.25, 0.3) is 0 Å². The highest BCUT2D eigenvalue weighted by atomic mass is 16.6. The van der Waals surface area contributed by atoms with E-state index < -0.39 is 132 Å². The average molecular weight is 1370 g/mol. The molecule has 11 atom stereocenters. The summed E-state index contributed by atoms with van der Waals surface area (Å²) >= 11 is 0. The number of anilines is 1. The summed E-state index contributed by atoms with van der Waals surface area (Å²) in [7, 11) is 7.31. The van der Waals surface area contributed by atoms with Crippen molar-refractivity contribution in [1.82, 2.24) is 41.3 Å². The van der Waals surface area contributed by atoms with Gasteiger partial charge in [-0.15, -0.1) is 0 Å². The zero-order valence-corrected chi connectivity index (χ0v) is 59.8. The van der Waals surface area contributed by atoms with Gasteiger partial charge in [-0.2, -0.15) is 0 Å². The monoisotopic (exact) mass is 1370 g/mol. The number of esters is 1. The van der Waals surface area contributed by atoms with Gasteiger partial charge in [-0.3, -0.25) is 33.7 Å². The first-order chi connectivity index (χ1) is 47.1. The fourth-order valence-electron chi connectivity index (χ4n) is 13.3. The molecular weight excluding hydrogens is 1270 g/mol. The number of nitrogens with one attached hydrogen (secondary N) is 6. The Morgan fingerprint density at radius 1 is 0.636 bits per heavy atom. The molecule has 25 nitrogen and oxygen atoms in total. The number of hydrogen-bond acceptors (Lipinski definition) is 15. The van der Waals surface area contributed by atoms with Crippen LogP contribution in [0.25, 0.3) is 11.1 Å². The van der Waals surface area contributed by atoms with Gasteiger partial charge in [-0.1, -0.05) is 160 Å². The molecule has 1 fully saturated rings. The molecule has 1 aliphatic heterocycles. The van der Waals surface area contributed by atoms with Crippen molar-refractivity contribution < 1.29 is 71.6 Å². The number of alkyl carbamates (subject to hydrolysis) is 1. The van der Waals surface area contributed by atoms with E-state index in [1.54, 1.807) is 89.6 Å². The van der Waals surface area contributed by atoms with E-state index >= 15 is 0 Å². The molecule has 1 heterocycles. The molecule has 8 N–H and O–H groups in total. The van der Waals surface area contributed by atoms with E-state index in [4.69, 9.17) is 29.4 Å². The fraction of sp³-hybridized carbons (Fsp3) is 0.541. The summed E-state index contributed by atoms with van der Waals surface area (Å²) in [5.41, 5.74) is 11.2. The summed E-state index contributed by atoms with van der Waals surface area (Å²) in [6.45, 7) is 16.6. The van der Waals surface area contributed by atoms with E-state index in [1.165, 1.54) is 33.3 Å². The summed E-state index contributed by atoms with van der Waals surface area (Å²) in [6, 6.07) is 24.3. The maximum Gasteiger partial charge on any atom is 0.410 e. The predicted octanol–water partition coefficient (Wildman–Crippen LogP) is 7.68. The van der Waals surface area contributed by atoms with Crippen molar-refractivity contribution in [1.29, 1.82) is 0 Å². The molecule has 0 bridgehead atoms. The minimum atomic E-state index is -1.13. The van der Waals surface area contributed by atoms with E-state index in [9.17, 15) is 47.9 Å². The van der Waals surface area contributed by atoms with Crippen LogP contribution in [0, 0.1) is 29.6 Å². The first-order valence-corrected chi connectivity index (χ1v) is 34.2. The average Bonchev–Trinajstić information content (AvgIpc) is 1.51. The summed E-state index contributed by atoms with van der Waals surface area (Å²) in [5, 5.41) is 16.6. The third kappa shape index (κ3) is 21.2. The molecule has 0 aromatic heterocycles. The van der Waals surface area contributed by atoms with Crippen LogP contribution in [0.2, 0.25) is 0 Å². The number of rotatable bonds is 35. The first kappa shape index (κ1) is 78.9. The first-order valence-electron chi connectivity index (χ1n) is 34.2. The maximum atomic E-state index is 14.9. The van der Waals surface area contributed by atoms with Gasteiger partial charge in [0.05, 0.1) is 43.7 Å². The molecule has 0 radical (unpaired) electrons. The number of carbonyl (C=O) groups excluding carboxylic acids is 10. The quantitative estimate of drug-likeness (QED) is 0.0132. The second-order valence-electron chi connectivity index (χ2n) is 26.8. The Balaban J connectivity index is 1.05. The number of hydrogen-bond donors (Lipinski definition) is 7. The highest BCUT2D eigenvalue weighted by Gasteiger charge is 2.44. The lowest BCUT2D eigenvalue weighted by Gasteiger charge is -2.41. The number of carbonyl (C=O) groups is 10. The second-order valence-corrected chi connectivity index (χ2v) is 26.8. The normalized spacial score (nSPS) is 16.4. The molecule has 1 saturated heterocycles. The van der Waals surface area contributed by atoms with Crippen LogP contribution >= 0.6 is 0 Å². The van der Waals surface area contributed by atoms with Crippen LogP contribution in [0.1, 0.15) is 129 Å². The zero-order valence-electron chi connectivity index (χ0n) is 59.8. The number of benzene rings is 4. The van der Waals surface area contributed by atoms with Gasteiger partial charge < -0.3 is 71.1 Å². The van der Waals surface area contributed by atoms with Crippen molar-refractivity contribution in [2.24, 2.45) is 35.3 Å².